The maximum atomic E-state index is 13.0. The topological polar surface area (TPSA) is 38.8 Å². The quantitative estimate of drug-likeness (QED) is 0.365. The average Bonchev–Trinajstić information content (AvgIpc) is 3.15. The van der Waals surface area contributed by atoms with Crippen LogP contribution in [0.25, 0.3) is 6.08 Å². The zero-order chi connectivity index (χ0) is 23.7. The number of fused-ring (bicyclic) bond motifs is 2. The number of hydrogen-bond donors (Lipinski definition) is 0. The second kappa shape index (κ2) is 9.67. The standard InChI is InChI=1S/C28H23Cl2NO3/c1-18-27-21(16-31(17-33-27)13-12-20-10-11-22(29)15-24(20)30)14-23-26(32)25(34-28(18)23)9-5-8-19-6-3-2-4-7-19/h2-11,14-15H,12-13,16-17H2,1H3/b8-5+,25-9-. The van der Waals surface area contributed by atoms with E-state index in [2.05, 4.69) is 4.90 Å². The van der Waals surface area contributed by atoms with E-state index in [1.54, 1.807) is 12.1 Å². The fourth-order valence-electron chi connectivity index (χ4n) is 4.27. The Kier molecular flexibility index (Phi) is 6.46. The molecule has 34 heavy (non-hydrogen) atoms. The monoisotopic (exact) mass is 491 g/mol. The summed E-state index contributed by atoms with van der Waals surface area (Å²) < 4.78 is 12.0. The van der Waals surface area contributed by atoms with Crippen LogP contribution in [0.5, 0.6) is 11.5 Å². The molecule has 0 fully saturated rings. The third kappa shape index (κ3) is 4.62. The minimum Gasteiger partial charge on any atom is -0.477 e. The summed E-state index contributed by atoms with van der Waals surface area (Å²) in [7, 11) is 0. The number of hydrogen-bond acceptors (Lipinski definition) is 4. The number of carbonyl (C=O) groups is 1. The molecule has 0 amide bonds. The van der Waals surface area contributed by atoms with E-state index in [0.29, 0.717) is 40.4 Å². The van der Waals surface area contributed by atoms with Gasteiger partial charge in [0.05, 0.1) is 5.56 Å². The van der Waals surface area contributed by atoms with Crippen LogP contribution >= 0.6 is 23.2 Å². The largest absolute Gasteiger partial charge is 0.477 e. The van der Waals surface area contributed by atoms with E-state index >= 15 is 0 Å². The number of ketones is 1. The third-order valence-corrected chi connectivity index (χ3v) is 6.64. The van der Waals surface area contributed by atoms with Crippen LogP contribution in [-0.4, -0.2) is 24.0 Å². The minimum atomic E-state index is -0.108. The molecule has 0 atom stereocenters. The maximum absolute atomic E-state index is 13.0. The van der Waals surface area contributed by atoms with Crippen molar-refractivity contribution in [2.75, 3.05) is 13.3 Å². The van der Waals surface area contributed by atoms with Crippen molar-refractivity contribution in [2.24, 2.45) is 0 Å². The first-order chi connectivity index (χ1) is 16.5. The molecular weight excluding hydrogens is 469 g/mol. The van der Waals surface area contributed by atoms with Crippen molar-refractivity contribution in [1.29, 1.82) is 0 Å². The van der Waals surface area contributed by atoms with Gasteiger partial charge < -0.3 is 9.47 Å². The lowest BCUT2D eigenvalue weighted by Crippen LogP contribution is -2.34. The fraction of sp³-hybridized carbons (Fsp3) is 0.179. The molecule has 172 valence electrons. The van der Waals surface area contributed by atoms with Crippen molar-refractivity contribution >= 4 is 35.1 Å². The van der Waals surface area contributed by atoms with Crippen LogP contribution in [0.3, 0.4) is 0 Å². The van der Waals surface area contributed by atoms with Crippen molar-refractivity contribution in [3.05, 3.63) is 110 Å². The van der Waals surface area contributed by atoms with Crippen molar-refractivity contribution in [1.82, 2.24) is 4.90 Å². The van der Waals surface area contributed by atoms with Gasteiger partial charge in [-0.1, -0.05) is 71.8 Å². The molecule has 0 N–H and O–H groups in total. The Labute approximate surface area is 209 Å². The van der Waals surface area contributed by atoms with Gasteiger partial charge in [-0.05, 0) is 48.7 Å². The highest BCUT2D eigenvalue weighted by Gasteiger charge is 2.33. The number of nitrogens with zero attached hydrogens (tertiary/aromatic N) is 1. The van der Waals surface area contributed by atoms with Crippen LogP contribution in [0.1, 0.15) is 32.6 Å². The second-order valence-electron chi connectivity index (χ2n) is 8.41. The molecule has 3 aromatic carbocycles. The molecule has 2 heterocycles. The fourth-order valence-corrected chi connectivity index (χ4v) is 4.77. The van der Waals surface area contributed by atoms with E-state index in [4.69, 9.17) is 32.7 Å². The van der Waals surface area contributed by atoms with Crippen molar-refractivity contribution in [3.63, 3.8) is 0 Å². The minimum absolute atomic E-state index is 0.108. The summed E-state index contributed by atoms with van der Waals surface area (Å²) in [6.07, 6.45) is 6.28. The Morgan fingerprint density at radius 2 is 1.88 bits per heavy atom. The number of carbonyl (C=O) groups excluding carboxylic acids is 1. The zero-order valence-corrected chi connectivity index (χ0v) is 20.2. The summed E-state index contributed by atoms with van der Waals surface area (Å²) in [6.45, 7) is 3.87. The summed E-state index contributed by atoms with van der Waals surface area (Å²) in [6, 6.07) is 17.4. The molecule has 0 radical (unpaired) electrons. The van der Waals surface area contributed by atoms with E-state index in [1.165, 1.54) is 0 Å². The first-order valence-corrected chi connectivity index (χ1v) is 11.9. The third-order valence-electron chi connectivity index (χ3n) is 6.05. The summed E-state index contributed by atoms with van der Waals surface area (Å²) in [4.78, 5) is 15.2. The molecule has 2 aliphatic heterocycles. The maximum Gasteiger partial charge on any atom is 0.231 e. The van der Waals surface area contributed by atoms with Crippen LogP contribution < -0.4 is 9.47 Å². The Hall–Kier alpha value is -3.05. The van der Waals surface area contributed by atoms with Gasteiger partial charge in [0.2, 0.25) is 5.78 Å². The van der Waals surface area contributed by atoms with Gasteiger partial charge in [-0.2, -0.15) is 0 Å². The Morgan fingerprint density at radius 1 is 1.06 bits per heavy atom. The summed E-state index contributed by atoms with van der Waals surface area (Å²) in [5.74, 6) is 1.60. The highest BCUT2D eigenvalue weighted by atomic mass is 35.5. The molecule has 0 aromatic heterocycles. The van der Waals surface area contributed by atoms with Crippen molar-refractivity contribution in [3.8, 4) is 11.5 Å². The zero-order valence-electron chi connectivity index (χ0n) is 18.7. The Bertz CT molecular complexity index is 1310. The second-order valence-corrected chi connectivity index (χ2v) is 9.25. The average molecular weight is 492 g/mol. The molecule has 0 unspecified atom stereocenters. The smallest absolute Gasteiger partial charge is 0.231 e. The number of Topliss-reactive ketones (excluding diaryl/α,β-unsaturated/α-hetero) is 1. The lowest BCUT2D eigenvalue weighted by molar-refractivity contribution is 0.0954. The van der Waals surface area contributed by atoms with E-state index in [1.807, 2.05) is 67.6 Å². The summed E-state index contributed by atoms with van der Waals surface area (Å²) in [5.41, 5.74) is 4.53. The first-order valence-electron chi connectivity index (χ1n) is 11.1. The highest BCUT2D eigenvalue weighted by Crippen LogP contribution is 2.42. The lowest BCUT2D eigenvalue weighted by Gasteiger charge is -2.30. The lowest BCUT2D eigenvalue weighted by atomic mass is 10.00. The number of ether oxygens (including phenoxy) is 2. The predicted octanol–water partition coefficient (Wildman–Crippen LogP) is 6.87. The highest BCUT2D eigenvalue weighted by molar-refractivity contribution is 6.35. The van der Waals surface area contributed by atoms with Gasteiger partial charge in [-0.25, -0.2) is 0 Å². The number of allylic oxidation sites excluding steroid dienone is 3. The van der Waals surface area contributed by atoms with Gasteiger partial charge in [0.1, 0.15) is 18.2 Å². The molecule has 6 heteroatoms. The molecule has 0 saturated heterocycles. The van der Waals surface area contributed by atoms with Crippen molar-refractivity contribution < 1.29 is 14.3 Å². The summed E-state index contributed by atoms with van der Waals surface area (Å²) in [5, 5.41) is 1.30. The predicted molar refractivity (Wildman–Crippen MR) is 136 cm³/mol. The van der Waals surface area contributed by atoms with E-state index < -0.39 is 0 Å². The van der Waals surface area contributed by atoms with Crippen LogP contribution in [0.15, 0.2) is 72.5 Å². The SMILES string of the molecule is Cc1c2c(cc3c1O/C(=C\C=C\c1ccccc1)C3=O)CN(CCc1ccc(Cl)cc1Cl)CO2. The van der Waals surface area contributed by atoms with Gasteiger partial charge in [0, 0.05) is 34.3 Å². The molecule has 4 nitrogen and oxygen atoms in total. The molecular formula is C28H23Cl2NO3. The number of halogens is 2. The Morgan fingerprint density at radius 3 is 2.68 bits per heavy atom. The normalized spacial score (nSPS) is 16.4. The van der Waals surface area contributed by atoms with Gasteiger partial charge >= 0.3 is 0 Å². The molecule has 0 bridgehead atoms. The van der Waals surface area contributed by atoms with Gasteiger partial charge in [0.15, 0.2) is 5.76 Å². The molecule has 0 spiro atoms. The molecule has 2 aliphatic rings. The molecule has 5 rings (SSSR count). The molecule has 0 aliphatic carbocycles. The Balaban J connectivity index is 1.31. The van der Waals surface area contributed by atoms with Gasteiger partial charge in [0.25, 0.3) is 0 Å². The molecule has 0 saturated carbocycles. The molecule has 3 aromatic rings. The first kappa shape index (κ1) is 22.7. The number of benzene rings is 3. The number of rotatable bonds is 5. The van der Waals surface area contributed by atoms with Crippen LogP contribution in [-0.2, 0) is 13.0 Å². The summed E-state index contributed by atoms with van der Waals surface area (Å²) >= 11 is 12.3. The van der Waals surface area contributed by atoms with Gasteiger partial charge in [-0.3, -0.25) is 9.69 Å². The van der Waals surface area contributed by atoms with Crippen LogP contribution in [0.2, 0.25) is 10.0 Å². The van der Waals surface area contributed by atoms with Crippen LogP contribution in [0, 0.1) is 6.92 Å². The van der Waals surface area contributed by atoms with E-state index in [9.17, 15) is 4.79 Å². The van der Waals surface area contributed by atoms with Crippen molar-refractivity contribution in [2.45, 2.75) is 19.9 Å². The van der Waals surface area contributed by atoms with E-state index in [-0.39, 0.29) is 5.78 Å². The van der Waals surface area contributed by atoms with E-state index in [0.717, 1.165) is 41.0 Å². The van der Waals surface area contributed by atoms with Gasteiger partial charge in [-0.15, -0.1) is 0 Å². The van der Waals surface area contributed by atoms with Crippen LogP contribution in [0.4, 0.5) is 0 Å².